The van der Waals surface area contributed by atoms with Crippen molar-refractivity contribution in [3.8, 4) is 0 Å². The minimum absolute atomic E-state index is 0.0507. The number of amides is 2. The molecule has 26 heavy (non-hydrogen) atoms. The first kappa shape index (κ1) is 18.1. The topological polar surface area (TPSA) is 62.3 Å². The van der Waals surface area contributed by atoms with Gasteiger partial charge in [-0.3, -0.25) is 14.6 Å². The fraction of sp³-hybridized carbons (Fsp3) is 0.381. The van der Waals surface area contributed by atoms with Crippen LogP contribution in [0.2, 0.25) is 0 Å². The first-order valence-corrected chi connectivity index (χ1v) is 9.07. The molecule has 1 aromatic carbocycles. The summed E-state index contributed by atoms with van der Waals surface area (Å²) < 4.78 is 0. The monoisotopic (exact) mass is 351 g/mol. The fourth-order valence-corrected chi connectivity index (χ4v) is 3.39. The van der Waals surface area contributed by atoms with Crippen molar-refractivity contribution < 1.29 is 9.59 Å². The number of rotatable bonds is 3. The predicted molar refractivity (Wildman–Crippen MR) is 102 cm³/mol. The third-order valence-electron chi connectivity index (χ3n) is 4.82. The van der Waals surface area contributed by atoms with Crippen molar-refractivity contribution >= 4 is 17.5 Å². The number of likely N-dealkylation sites (tertiary alicyclic amines) is 1. The van der Waals surface area contributed by atoms with Crippen molar-refractivity contribution in [3.63, 3.8) is 0 Å². The van der Waals surface area contributed by atoms with Gasteiger partial charge < -0.3 is 10.2 Å². The molecule has 1 aliphatic heterocycles. The number of aryl methyl sites for hydroxylation is 2. The summed E-state index contributed by atoms with van der Waals surface area (Å²) in [5.74, 6) is 0.202. The van der Waals surface area contributed by atoms with Crippen LogP contribution in [0.4, 0.5) is 5.69 Å². The molecule has 1 unspecified atom stereocenters. The molecule has 1 N–H and O–H groups in total. The predicted octanol–water partition coefficient (Wildman–Crippen LogP) is 3.82. The lowest BCUT2D eigenvalue weighted by atomic mass is 9.99. The van der Waals surface area contributed by atoms with Crippen LogP contribution in [0.1, 0.15) is 51.6 Å². The van der Waals surface area contributed by atoms with E-state index in [9.17, 15) is 9.59 Å². The van der Waals surface area contributed by atoms with Crippen molar-refractivity contribution in [2.45, 2.75) is 33.6 Å². The summed E-state index contributed by atoms with van der Waals surface area (Å²) in [5.41, 5.74) is 3.77. The average Bonchev–Trinajstić information content (AvgIpc) is 2.63. The third kappa shape index (κ3) is 4.10. The second-order valence-corrected chi connectivity index (χ2v) is 7.23. The minimum atomic E-state index is -0.258. The lowest BCUT2D eigenvalue weighted by Crippen LogP contribution is -2.39. The van der Waals surface area contributed by atoms with Crippen LogP contribution in [-0.4, -0.2) is 34.8 Å². The van der Waals surface area contributed by atoms with Gasteiger partial charge >= 0.3 is 0 Å². The fourth-order valence-electron chi connectivity index (χ4n) is 3.39. The smallest absolute Gasteiger partial charge is 0.257 e. The number of piperidine rings is 1. The zero-order chi connectivity index (χ0) is 18.7. The highest BCUT2D eigenvalue weighted by Crippen LogP contribution is 2.19. The zero-order valence-corrected chi connectivity index (χ0v) is 15.6. The van der Waals surface area contributed by atoms with Gasteiger partial charge in [0.1, 0.15) is 0 Å². The van der Waals surface area contributed by atoms with Gasteiger partial charge in [-0.05, 0) is 50.3 Å². The van der Waals surface area contributed by atoms with Gasteiger partial charge in [0.2, 0.25) is 0 Å². The van der Waals surface area contributed by atoms with E-state index >= 15 is 0 Å². The number of nitrogens with one attached hydrogen (secondary N) is 1. The molecule has 0 saturated carbocycles. The molecule has 0 aliphatic carbocycles. The van der Waals surface area contributed by atoms with Crippen LogP contribution in [0.15, 0.2) is 36.7 Å². The Balaban J connectivity index is 1.75. The van der Waals surface area contributed by atoms with Gasteiger partial charge in [0.25, 0.3) is 11.8 Å². The van der Waals surface area contributed by atoms with E-state index in [1.54, 1.807) is 6.07 Å². The maximum absolute atomic E-state index is 12.7. The van der Waals surface area contributed by atoms with E-state index in [-0.39, 0.29) is 11.8 Å². The molecule has 0 radical (unpaired) electrons. The highest BCUT2D eigenvalue weighted by Gasteiger charge is 2.23. The van der Waals surface area contributed by atoms with Crippen LogP contribution in [0.5, 0.6) is 0 Å². The number of carbonyl (C=O) groups excluding carboxylic acids is 2. The van der Waals surface area contributed by atoms with E-state index in [4.69, 9.17) is 0 Å². The van der Waals surface area contributed by atoms with E-state index in [1.165, 1.54) is 12.4 Å². The van der Waals surface area contributed by atoms with Crippen molar-refractivity contribution in [2.75, 3.05) is 18.4 Å². The van der Waals surface area contributed by atoms with E-state index in [0.29, 0.717) is 17.0 Å². The number of aromatic nitrogens is 1. The molecule has 1 fully saturated rings. The lowest BCUT2D eigenvalue weighted by molar-refractivity contribution is 0.0682. The van der Waals surface area contributed by atoms with E-state index in [0.717, 1.165) is 42.7 Å². The Morgan fingerprint density at radius 3 is 2.65 bits per heavy atom. The van der Waals surface area contributed by atoms with Gasteiger partial charge in [0, 0.05) is 31.2 Å². The van der Waals surface area contributed by atoms with Gasteiger partial charge in [0.05, 0.1) is 11.1 Å². The molecule has 2 aromatic rings. The number of hydrogen-bond donors (Lipinski definition) is 1. The first-order chi connectivity index (χ1) is 12.4. The summed E-state index contributed by atoms with van der Waals surface area (Å²) >= 11 is 0. The number of benzene rings is 1. The number of hydrogen-bond acceptors (Lipinski definition) is 3. The summed E-state index contributed by atoms with van der Waals surface area (Å²) in [6.07, 6.45) is 5.21. The Kier molecular flexibility index (Phi) is 5.35. The lowest BCUT2D eigenvalue weighted by Gasteiger charge is -2.31. The average molecular weight is 351 g/mol. The van der Waals surface area contributed by atoms with E-state index in [2.05, 4.69) is 17.2 Å². The summed E-state index contributed by atoms with van der Waals surface area (Å²) in [7, 11) is 0. The van der Waals surface area contributed by atoms with E-state index in [1.807, 2.05) is 36.9 Å². The van der Waals surface area contributed by atoms with Gasteiger partial charge in [-0.25, -0.2) is 0 Å². The van der Waals surface area contributed by atoms with Crippen LogP contribution in [0.25, 0.3) is 0 Å². The molecule has 1 saturated heterocycles. The normalized spacial score (nSPS) is 17.0. The van der Waals surface area contributed by atoms with Crippen molar-refractivity contribution in [3.05, 3.63) is 58.9 Å². The Bertz CT molecular complexity index is 832. The molecular weight excluding hydrogens is 326 g/mol. The highest BCUT2D eigenvalue weighted by molar-refractivity contribution is 6.06. The first-order valence-electron chi connectivity index (χ1n) is 9.07. The third-order valence-corrected chi connectivity index (χ3v) is 4.82. The standard InChI is InChI=1S/C21H25N3O2/c1-14-6-7-19(16(3)9-14)23-20(25)17-10-18(12-22-11-17)21(26)24-8-4-5-15(2)13-24/h6-7,9-12,15H,4-5,8,13H2,1-3H3,(H,23,25). The van der Waals surface area contributed by atoms with Gasteiger partial charge in [-0.2, -0.15) is 0 Å². The Labute approximate surface area is 154 Å². The molecule has 1 aromatic heterocycles. The quantitative estimate of drug-likeness (QED) is 0.914. The molecule has 5 nitrogen and oxygen atoms in total. The molecule has 3 rings (SSSR count). The Hall–Kier alpha value is -2.69. The molecule has 0 spiro atoms. The van der Waals surface area contributed by atoms with E-state index < -0.39 is 0 Å². The number of pyridine rings is 1. The SMILES string of the molecule is Cc1ccc(NC(=O)c2cncc(C(=O)N3CCCC(C)C3)c2)c(C)c1. The Morgan fingerprint density at radius 2 is 1.92 bits per heavy atom. The molecule has 1 aliphatic rings. The minimum Gasteiger partial charge on any atom is -0.338 e. The number of nitrogens with zero attached hydrogens (tertiary/aromatic N) is 2. The number of carbonyl (C=O) groups is 2. The largest absolute Gasteiger partial charge is 0.338 e. The van der Waals surface area contributed by atoms with Gasteiger partial charge in [-0.1, -0.05) is 24.6 Å². The second-order valence-electron chi connectivity index (χ2n) is 7.23. The molecule has 2 heterocycles. The zero-order valence-electron chi connectivity index (χ0n) is 15.6. The van der Waals surface area contributed by atoms with Crippen molar-refractivity contribution in [2.24, 2.45) is 5.92 Å². The van der Waals surface area contributed by atoms with Crippen LogP contribution < -0.4 is 5.32 Å². The van der Waals surface area contributed by atoms with Crippen LogP contribution >= 0.6 is 0 Å². The Morgan fingerprint density at radius 1 is 1.15 bits per heavy atom. The molecule has 136 valence electrons. The summed E-state index contributed by atoms with van der Waals surface area (Å²) in [6, 6.07) is 7.50. The van der Waals surface area contributed by atoms with Crippen molar-refractivity contribution in [1.82, 2.24) is 9.88 Å². The second kappa shape index (κ2) is 7.68. The molecule has 0 bridgehead atoms. The van der Waals surface area contributed by atoms with Gasteiger partial charge in [-0.15, -0.1) is 0 Å². The van der Waals surface area contributed by atoms with Gasteiger partial charge in [0.15, 0.2) is 0 Å². The summed E-state index contributed by atoms with van der Waals surface area (Å²) in [5, 5.41) is 2.90. The summed E-state index contributed by atoms with van der Waals surface area (Å²) in [6.45, 7) is 7.66. The highest BCUT2D eigenvalue weighted by atomic mass is 16.2. The van der Waals surface area contributed by atoms with Crippen LogP contribution in [0.3, 0.4) is 0 Å². The molecule has 2 amide bonds. The van der Waals surface area contributed by atoms with Crippen LogP contribution in [-0.2, 0) is 0 Å². The number of anilines is 1. The maximum Gasteiger partial charge on any atom is 0.257 e. The van der Waals surface area contributed by atoms with Crippen LogP contribution in [0, 0.1) is 19.8 Å². The molecular formula is C21H25N3O2. The molecule has 5 heteroatoms. The molecule has 1 atom stereocenters. The maximum atomic E-state index is 12.7. The van der Waals surface area contributed by atoms with Crippen molar-refractivity contribution in [1.29, 1.82) is 0 Å². The summed E-state index contributed by atoms with van der Waals surface area (Å²) in [4.78, 5) is 31.3.